The van der Waals surface area contributed by atoms with E-state index in [1.165, 1.54) is 12.1 Å². The van der Waals surface area contributed by atoms with Gasteiger partial charge in [0, 0.05) is 6.07 Å². The fourth-order valence-corrected chi connectivity index (χ4v) is 1.87. The first-order valence-corrected chi connectivity index (χ1v) is 5.83. The van der Waals surface area contributed by atoms with Gasteiger partial charge in [-0.3, -0.25) is 14.4 Å². The number of rotatable bonds is 2. The molecule has 0 bridgehead atoms. The predicted octanol–water partition coefficient (Wildman–Crippen LogP) is 0.138. The third kappa shape index (κ3) is 2.08. The van der Waals surface area contributed by atoms with Gasteiger partial charge in [0.05, 0.1) is 22.9 Å². The van der Waals surface area contributed by atoms with Crippen LogP contribution in [0, 0.1) is 0 Å². The van der Waals surface area contributed by atoms with Crippen molar-refractivity contribution in [2.45, 2.75) is 0 Å². The van der Waals surface area contributed by atoms with Crippen LogP contribution in [0.5, 0.6) is 0 Å². The van der Waals surface area contributed by atoms with Gasteiger partial charge in [-0.25, -0.2) is 9.89 Å². The van der Waals surface area contributed by atoms with Crippen LogP contribution in [0.15, 0.2) is 41.3 Å². The molecular weight excluding hydrogens is 278 g/mol. The number of carbonyl (C=O) groups is 3. The Labute approximate surface area is 116 Å². The molecule has 0 fully saturated rings. The highest BCUT2D eigenvalue weighted by Crippen LogP contribution is 2.23. The monoisotopic (exact) mass is 285 g/mol. The molecule has 1 aliphatic heterocycles. The zero-order valence-electron chi connectivity index (χ0n) is 10.4. The third-order valence-electron chi connectivity index (χ3n) is 2.83. The maximum absolute atomic E-state index is 12.0. The number of hydrogen-bond donors (Lipinski definition) is 1. The van der Waals surface area contributed by atoms with Crippen LogP contribution in [0.2, 0.25) is 0 Å². The van der Waals surface area contributed by atoms with E-state index in [4.69, 9.17) is 4.84 Å². The molecule has 0 unspecified atom stereocenters. The normalized spacial score (nSPS) is 13.2. The number of imide groups is 1. The Morgan fingerprint density at radius 3 is 2.29 bits per heavy atom. The third-order valence-corrected chi connectivity index (χ3v) is 2.83. The molecule has 104 valence electrons. The summed E-state index contributed by atoms with van der Waals surface area (Å²) in [7, 11) is 0. The highest BCUT2D eigenvalue weighted by molar-refractivity contribution is 6.21. The van der Waals surface area contributed by atoms with E-state index in [9.17, 15) is 19.2 Å². The lowest BCUT2D eigenvalue weighted by atomic mass is 10.1. The Balaban J connectivity index is 1.87. The molecule has 0 atom stereocenters. The summed E-state index contributed by atoms with van der Waals surface area (Å²) < 4.78 is 0. The Kier molecular flexibility index (Phi) is 2.83. The molecule has 1 aliphatic rings. The van der Waals surface area contributed by atoms with Crippen LogP contribution in [-0.2, 0) is 4.84 Å². The standard InChI is InChI=1S/C13H7N3O5/c17-10-5-7(6-14-15-10)13(20)21-16-11(18)8-3-1-2-4-9(8)12(16)19/h1-6H,(H,15,17). The SMILES string of the molecule is O=C(ON1C(=O)c2ccccc2C1=O)c1cn[nH]c(=O)c1. The molecule has 2 aromatic rings. The van der Waals surface area contributed by atoms with Gasteiger partial charge in [0.25, 0.3) is 17.4 Å². The van der Waals surface area contributed by atoms with E-state index in [0.29, 0.717) is 5.06 Å². The van der Waals surface area contributed by atoms with Crippen molar-refractivity contribution in [3.8, 4) is 0 Å². The summed E-state index contributed by atoms with van der Waals surface area (Å²) in [5, 5.41) is 5.89. The molecule has 0 aliphatic carbocycles. The summed E-state index contributed by atoms with van der Waals surface area (Å²) in [6, 6.07) is 7.05. The van der Waals surface area contributed by atoms with E-state index in [1.807, 2.05) is 0 Å². The largest absolute Gasteiger partial charge is 0.365 e. The number of fused-ring (bicyclic) bond motifs is 1. The molecule has 8 heteroatoms. The average Bonchev–Trinajstić information content (AvgIpc) is 2.73. The maximum atomic E-state index is 12.0. The highest BCUT2D eigenvalue weighted by Gasteiger charge is 2.38. The molecule has 1 aromatic heterocycles. The van der Waals surface area contributed by atoms with Gasteiger partial charge < -0.3 is 4.84 Å². The molecule has 0 saturated heterocycles. The molecule has 3 rings (SSSR count). The second kappa shape index (κ2) is 4.67. The zero-order valence-corrected chi connectivity index (χ0v) is 10.4. The van der Waals surface area contributed by atoms with Gasteiger partial charge in [-0.1, -0.05) is 17.2 Å². The van der Waals surface area contributed by atoms with Crippen molar-refractivity contribution in [2.75, 3.05) is 0 Å². The fourth-order valence-electron chi connectivity index (χ4n) is 1.87. The summed E-state index contributed by atoms with van der Waals surface area (Å²) in [6.07, 6.45) is 1.06. The quantitative estimate of drug-likeness (QED) is 0.786. The number of carbonyl (C=O) groups excluding carboxylic acids is 3. The highest BCUT2D eigenvalue weighted by atomic mass is 16.7. The minimum atomic E-state index is -1.02. The van der Waals surface area contributed by atoms with Crippen LogP contribution in [-0.4, -0.2) is 33.0 Å². The number of nitrogens with zero attached hydrogens (tertiary/aromatic N) is 2. The van der Waals surface area contributed by atoms with E-state index >= 15 is 0 Å². The number of aromatic nitrogens is 2. The van der Waals surface area contributed by atoms with Gasteiger partial charge in [-0.05, 0) is 12.1 Å². The molecule has 2 heterocycles. The lowest BCUT2D eigenvalue weighted by Gasteiger charge is -2.12. The number of amides is 2. The predicted molar refractivity (Wildman–Crippen MR) is 67.2 cm³/mol. The van der Waals surface area contributed by atoms with Crippen molar-refractivity contribution in [3.63, 3.8) is 0 Å². The molecule has 1 aromatic carbocycles. The molecule has 8 nitrogen and oxygen atoms in total. The van der Waals surface area contributed by atoms with Gasteiger partial charge in [-0.2, -0.15) is 5.10 Å². The molecule has 21 heavy (non-hydrogen) atoms. The Bertz CT molecular complexity index is 791. The maximum Gasteiger partial charge on any atom is 0.365 e. The minimum absolute atomic E-state index is 0.152. The Morgan fingerprint density at radius 2 is 1.71 bits per heavy atom. The smallest absolute Gasteiger partial charge is 0.324 e. The summed E-state index contributed by atoms with van der Waals surface area (Å²) in [5.41, 5.74) is -0.471. The van der Waals surface area contributed by atoms with Crippen molar-refractivity contribution < 1.29 is 19.2 Å². The average molecular weight is 285 g/mol. The second-order valence-corrected chi connectivity index (χ2v) is 4.16. The summed E-state index contributed by atoms with van der Waals surface area (Å²) >= 11 is 0. The van der Waals surface area contributed by atoms with Crippen LogP contribution in [0.3, 0.4) is 0 Å². The van der Waals surface area contributed by atoms with Gasteiger partial charge >= 0.3 is 5.97 Å². The number of aromatic amines is 1. The topological polar surface area (TPSA) is 109 Å². The fraction of sp³-hybridized carbons (Fsp3) is 0. The number of hydrogen-bond acceptors (Lipinski definition) is 6. The van der Waals surface area contributed by atoms with E-state index in [1.54, 1.807) is 12.1 Å². The van der Waals surface area contributed by atoms with Crippen molar-refractivity contribution in [2.24, 2.45) is 0 Å². The second-order valence-electron chi connectivity index (χ2n) is 4.16. The Hall–Kier alpha value is -3.29. The van der Waals surface area contributed by atoms with E-state index in [2.05, 4.69) is 10.2 Å². The van der Waals surface area contributed by atoms with Crippen LogP contribution < -0.4 is 5.56 Å². The Morgan fingerprint density at radius 1 is 1.10 bits per heavy atom. The van der Waals surface area contributed by atoms with Crippen LogP contribution in [0.1, 0.15) is 31.1 Å². The summed E-state index contributed by atoms with van der Waals surface area (Å²) in [5.74, 6) is -2.49. The van der Waals surface area contributed by atoms with Crippen molar-refractivity contribution in [1.82, 2.24) is 15.3 Å². The van der Waals surface area contributed by atoms with Gasteiger partial charge in [0.1, 0.15) is 0 Å². The van der Waals surface area contributed by atoms with E-state index in [0.717, 1.165) is 12.3 Å². The number of H-pyrrole nitrogens is 1. The van der Waals surface area contributed by atoms with Crippen molar-refractivity contribution >= 4 is 17.8 Å². The number of nitrogens with one attached hydrogen (secondary N) is 1. The van der Waals surface area contributed by atoms with Crippen LogP contribution in [0.25, 0.3) is 0 Å². The molecule has 0 saturated carbocycles. The minimum Gasteiger partial charge on any atom is -0.324 e. The van der Waals surface area contributed by atoms with Crippen molar-refractivity contribution in [1.29, 1.82) is 0 Å². The first-order chi connectivity index (χ1) is 10.1. The van der Waals surface area contributed by atoms with Crippen LogP contribution >= 0.6 is 0 Å². The lowest BCUT2D eigenvalue weighted by Crippen LogP contribution is -2.33. The lowest BCUT2D eigenvalue weighted by molar-refractivity contribution is -0.0585. The molecule has 2 amide bonds. The summed E-state index contributed by atoms with van der Waals surface area (Å²) in [4.78, 5) is 51.6. The zero-order chi connectivity index (χ0) is 15.0. The van der Waals surface area contributed by atoms with Gasteiger partial charge in [-0.15, -0.1) is 0 Å². The van der Waals surface area contributed by atoms with Crippen LogP contribution in [0.4, 0.5) is 0 Å². The number of benzene rings is 1. The molecule has 1 N–H and O–H groups in total. The first kappa shape index (κ1) is 12.7. The molecule has 0 radical (unpaired) electrons. The molecule has 0 spiro atoms. The van der Waals surface area contributed by atoms with E-state index in [-0.39, 0.29) is 16.7 Å². The first-order valence-electron chi connectivity index (χ1n) is 5.83. The van der Waals surface area contributed by atoms with E-state index < -0.39 is 23.3 Å². The van der Waals surface area contributed by atoms with Gasteiger partial charge in [0.2, 0.25) is 0 Å². The van der Waals surface area contributed by atoms with Gasteiger partial charge in [0.15, 0.2) is 0 Å². The number of hydroxylamine groups is 2. The molecular formula is C13H7N3O5. The summed E-state index contributed by atoms with van der Waals surface area (Å²) in [6.45, 7) is 0. The van der Waals surface area contributed by atoms with Crippen molar-refractivity contribution in [3.05, 3.63) is 63.6 Å².